The quantitative estimate of drug-likeness (QED) is 0.475. The molecule has 0 unspecified atom stereocenters. The summed E-state index contributed by atoms with van der Waals surface area (Å²) >= 11 is 2.84. The molecule has 0 bridgehead atoms. The number of aryl methyl sites for hydroxylation is 1. The van der Waals surface area contributed by atoms with Gasteiger partial charge in [0.1, 0.15) is 0 Å². The van der Waals surface area contributed by atoms with Crippen LogP contribution in [0, 0.1) is 6.92 Å². The highest BCUT2D eigenvalue weighted by Gasteiger charge is 2.08. The van der Waals surface area contributed by atoms with Crippen LogP contribution in [0.3, 0.4) is 0 Å². The van der Waals surface area contributed by atoms with E-state index in [1.165, 1.54) is 23.1 Å². The minimum atomic E-state index is 0.129. The largest absolute Gasteiger partial charge is 0.292 e. The highest BCUT2D eigenvalue weighted by molar-refractivity contribution is 7.99. The maximum absolute atomic E-state index is 11.7. The van der Waals surface area contributed by atoms with E-state index < -0.39 is 0 Å². The summed E-state index contributed by atoms with van der Waals surface area (Å²) in [7, 11) is 0. The SMILES string of the molecule is Cc1cnc(SCC(=O)c2cccs2)nc1. The molecule has 2 aromatic heterocycles. The lowest BCUT2D eigenvalue weighted by Gasteiger charge is -1.98. The maximum atomic E-state index is 11.7. The van der Waals surface area contributed by atoms with Gasteiger partial charge in [-0.1, -0.05) is 17.8 Å². The van der Waals surface area contributed by atoms with Crippen molar-refractivity contribution in [3.63, 3.8) is 0 Å². The molecule has 0 aliphatic rings. The molecule has 2 heterocycles. The van der Waals surface area contributed by atoms with Crippen molar-refractivity contribution in [3.05, 3.63) is 40.3 Å². The van der Waals surface area contributed by atoms with Crippen LogP contribution >= 0.6 is 23.1 Å². The molecular formula is C11H10N2OS2. The minimum absolute atomic E-state index is 0.129. The van der Waals surface area contributed by atoms with E-state index in [0.29, 0.717) is 10.9 Å². The average Bonchev–Trinajstić information content (AvgIpc) is 2.81. The third-order valence-corrected chi connectivity index (χ3v) is 3.67. The number of ketones is 1. The lowest BCUT2D eigenvalue weighted by Crippen LogP contribution is -2.00. The van der Waals surface area contributed by atoms with Gasteiger partial charge in [0, 0.05) is 12.4 Å². The molecular weight excluding hydrogens is 240 g/mol. The van der Waals surface area contributed by atoms with Crippen LogP contribution in [0.5, 0.6) is 0 Å². The number of carbonyl (C=O) groups excluding carboxylic acids is 1. The highest BCUT2D eigenvalue weighted by Crippen LogP contribution is 2.16. The Kier molecular flexibility index (Phi) is 3.69. The Bertz CT molecular complexity index is 465. The fraction of sp³-hybridized carbons (Fsp3) is 0.182. The van der Waals surface area contributed by atoms with Gasteiger partial charge in [0.2, 0.25) is 0 Å². The molecule has 2 rings (SSSR count). The Labute approximate surface area is 102 Å². The zero-order chi connectivity index (χ0) is 11.4. The number of hydrogen-bond acceptors (Lipinski definition) is 5. The summed E-state index contributed by atoms with van der Waals surface area (Å²) in [5.74, 6) is 0.521. The molecule has 0 amide bonds. The van der Waals surface area contributed by atoms with E-state index in [1.807, 2.05) is 24.4 Å². The van der Waals surface area contributed by atoms with Gasteiger partial charge in [-0.15, -0.1) is 11.3 Å². The Balaban J connectivity index is 1.93. The number of aromatic nitrogens is 2. The van der Waals surface area contributed by atoms with Gasteiger partial charge in [0.15, 0.2) is 10.9 Å². The molecule has 0 spiro atoms. The topological polar surface area (TPSA) is 42.9 Å². The van der Waals surface area contributed by atoms with E-state index in [4.69, 9.17) is 0 Å². The molecule has 0 saturated heterocycles. The monoisotopic (exact) mass is 250 g/mol. The van der Waals surface area contributed by atoms with Gasteiger partial charge in [-0.05, 0) is 23.9 Å². The predicted octanol–water partition coefficient (Wildman–Crippen LogP) is 2.82. The second-order valence-corrected chi connectivity index (χ2v) is 5.12. The standard InChI is InChI=1S/C11H10N2OS2/c1-8-5-12-11(13-6-8)16-7-9(14)10-3-2-4-15-10/h2-6H,7H2,1H3. The first-order valence-corrected chi connectivity index (χ1v) is 6.60. The number of carbonyl (C=O) groups is 1. The van der Waals surface area contributed by atoms with Crippen molar-refractivity contribution in [2.75, 3.05) is 5.75 Å². The van der Waals surface area contributed by atoms with E-state index in [2.05, 4.69) is 9.97 Å². The van der Waals surface area contributed by atoms with Gasteiger partial charge < -0.3 is 0 Å². The molecule has 5 heteroatoms. The lowest BCUT2D eigenvalue weighted by molar-refractivity contribution is 0.102. The van der Waals surface area contributed by atoms with Crippen LogP contribution in [0.1, 0.15) is 15.2 Å². The van der Waals surface area contributed by atoms with Gasteiger partial charge in [-0.2, -0.15) is 0 Å². The average molecular weight is 250 g/mol. The zero-order valence-corrected chi connectivity index (χ0v) is 10.3. The van der Waals surface area contributed by atoms with Gasteiger partial charge in [0.05, 0.1) is 10.6 Å². The lowest BCUT2D eigenvalue weighted by atomic mass is 10.4. The fourth-order valence-corrected chi connectivity index (χ4v) is 2.52. The molecule has 0 aromatic carbocycles. The maximum Gasteiger partial charge on any atom is 0.187 e. The molecule has 82 valence electrons. The molecule has 0 fully saturated rings. The smallest absolute Gasteiger partial charge is 0.187 e. The van der Waals surface area contributed by atoms with Crippen molar-refractivity contribution >= 4 is 28.9 Å². The number of thiophene rings is 1. The molecule has 0 N–H and O–H groups in total. The summed E-state index contributed by atoms with van der Waals surface area (Å²) in [6.07, 6.45) is 3.51. The van der Waals surface area contributed by atoms with Gasteiger partial charge in [-0.25, -0.2) is 9.97 Å². The van der Waals surface area contributed by atoms with E-state index in [0.717, 1.165) is 10.4 Å². The molecule has 2 aromatic rings. The van der Waals surface area contributed by atoms with Crippen LogP contribution in [0.2, 0.25) is 0 Å². The summed E-state index contributed by atoms with van der Waals surface area (Å²) in [5, 5.41) is 2.55. The Morgan fingerprint density at radius 1 is 1.44 bits per heavy atom. The van der Waals surface area contributed by atoms with Gasteiger partial charge in [-0.3, -0.25) is 4.79 Å². The second kappa shape index (κ2) is 5.23. The van der Waals surface area contributed by atoms with Crippen LogP contribution in [-0.2, 0) is 0 Å². The first-order valence-electron chi connectivity index (χ1n) is 4.74. The normalized spacial score (nSPS) is 10.3. The number of thioether (sulfide) groups is 1. The number of Topliss-reactive ketones (excluding diaryl/α,β-unsaturated/α-hetero) is 1. The number of rotatable bonds is 4. The van der Waals surface area contributed by atoms with E-state index in [-0.39, 0.29) is 5.78 Å². The highest BCUT2D eigenvalue weighted by atomic mass is 32.2. The van der Waals surface area contributed by atoms with E-state index >= 15 is 0 Å². The summed E-state index contributed by atoms with van der Waals surface area (Å²) in [6, 6.07) is 3.72. The minimum Gasteiger partial charge on any atom is -0.292 e. The fourth-order valence-electron chi connectivity index (χ4n) is 1.09. The zero-order valence-electron chi connectivity index (χ0n) is 8.71. The van der Waals surface area contributed by atoms with Crippen LogP contribution < -0.4 is 0 Å². The first-order chi connectivity index (χ1) is 7.75. The van der Waals surface area contributed by atoms with Crippen molar-refractivity contribution in [2.24, 2.45) is 0 Å². The van der Waals surface area contributed by atoms with Crippen molar-refractivity contribution in [1.82, 2.24) is 9.97 Å². The van der Waals surface area contributed by atoms with Crippen molar-refractivity contribution in [1.29, 1.82) is 0 Å². The third kappa shape index (κ3) is 2.90. The molecule has 0 saturated carbocycles. The van der Waals surface area contributed by atoms with Crippen molar-refractivity contribution in [2.45, 2.75) is 12.1 Å². The Morgan fingerprint density at radius 3 is 2.81 bits per heavy atom. The summed E-state index contributed by atoms with van der Waals surface area (Å²) in [5.41, 5.74) is 1.02. The molecule has 0 aliphatic heterocycles. The first kappa shape index (κ1) is 11.3. The summed E-state index contributed by atoms with van der Waals surface area (Å²) in [4.78, 5) is 20.7. The van der Waals surface area contributed by atoms with Gasteiger partial charge in [0.25, 0.3) is 0 Å². The second-order valence-electron chi connectivity index (χ2n) is 3.23. The van der Waals surface area contributed by atoms with Crippen LogP contribution in [0.4, 0.5) is 0 Å². The van der Waals surface area contributed by atoms with Crippen LogP contribution in [0.25, 0.3) is 0 Å². The predicted molar refractivity (Wildman–Crippen MR) is 66.1 cm³/mol. The third-order valence-electron chi connectivity index (χ3n) is 1.89. The molecule has 3 nitrogen and oxygen atoms in total. The molecule has 16 heavy (non-hydrogen) atoms. The van der Waals surface area contributed by atoms with E-state index in [9.17, 15) is 4.79 Å². The molecule has 0 radical (unpaired) electrons. The van der Waals surface area contributed by atoms with Gasteiger partial charge >= 0.3 is 0 Å². The Hall–Kier alpha value is -1.20. The summed E-state index contributed by atoms with van der Waals surface area (Å²) in [6.45, 7) is 1.94. The number of nitrogens with zero attached hydrogens (tertiary/aromatic N) is 2. The van der Waals surface area contributed by atoms with Crippen LogP contribution in [0.15, 0.2) is 35.1 Å². The molecule has 0 atom stereocenters. The van der Waals surface area contributed by atoms with Crippen molar-refractivity contribution < 1.29 is 4.79 Å². The Morgan fingerprint density at radius 2 is 2.19 bits per heavy atom. The van der Waals surface area contributed by atoms with Crippen LogP contribution in [-0.4, -0.2) is 21.5 Å². The van der Waals surface area contributed by atoms with E-state index in [1.54, 1.807) is 12.4 Å². The summed E-state index contributed by atoms with van der Waals surface area (Å²) < 4.78 is 0. The number of hydrogen-bond donors (Lipinski definition) is 0. The molecule has 0 aliphatic carbocycles. The van der Waals surface area contributed by atoms with Crippen molar-refractivity contribution in [3.8, 4) is 0 Å².